The SMILES string of the molecule is Cc1cccc(-c2cc(-c3cccc(C)c3)cc(-c3cc(-c4ccccc4)nc(-c4ccccc4)n3)c2)c1. The second kappa shape index (κ2) is 10.3. The van der Waals surface area contributed by atoms with Gasteiger partial charge in [0.1, 0.15) is 0 Å². The average molecular weight is 489 g/mol. The molecule has 2 heteroatoms. The maximum atomic E-state index is 5.09. The van der Waals surface area contributed by atoms with Crippen LogP contribution in [0.15, 0.2) is 133 Å². The van der Waals surface area contributed by atoms with E-state index in [1.54, 1.807) is 0 Å². The highest BCUT2D eigenvalue weighted by atomic mass is 14.9. The molecule has 0 amide bonds. The third-order valence-corrected chi connectivity index (χ3v) is 6.76. The van der Waals surface area contributed by atoms with Gasteiger partial charge in [0.15, 0.2) is 5.82 Å². The number of aryl methyl sites for hydroxylation is 2. The van der Waals surface area contributed by atoms with Gasteiger partial charge >= 0.3 is 0 Å². The van der Waals surface area contributed by atoms with E-state index in [1.807, 2.05) is 36.4 Å². The van der Waals surface area contributed by atoms with Crippen LogP contribution in [0.4, 0.5) is 0 Å². The number of hydrogen-bond acceptors (Lipinski definition) is 2. The Morgan fingerprint density at radius 3 is 1.32 bits per heavy atom. The van der Waals surface area contributed by atoms with Crippen molar-refractivity contribution in [2.24, 2.45) is 0 Å². The van der Waals surface area contributed by atoms with Crippen LogP contribution in [-0.4, -0.2) is 9.97 Å². The Balaban J connectivity index is 1.59. The molecule has 6 aromatic rings. The highest BCUT2D eigenvalue weighted by Crippen LogP contribution is 2.35. The highest BCUT2D eigenvalue weighted by molar-refractivity contribution is 5.82. The summed E-state index contributed by atoms with van der Waals surface area (Å²) in [5, 5.41) is 0. The van der Waals surface area contributed by atoms with Gasteiger partial charge in [-0.1, -0.05) is 120 Å². The van der Waals surface area contributed by atoms with E-state index in [1.165, 1.54) is 33.4 Å². The van der Waals surface area contributed by atoms with Crippen molar-refractivity contribution >= 4 is 0 Å². The van der Waals surface area contributed by atoms with Crippen molar-refractivity contribution in [2.75, 3.05) is 0 Å². The van der Waals surface area contributed by atoms with Gasteiger partial charge in [-0.05, 0) is 60.4 Å². The molecule has 0 fully saturated rings. The summed E-state index contributed by atoms with van der Waals surface area (Å²) in [6, 6.07) is 46.8. The van der Waals surface area contributed by atoms with Crippen molar-refractivity contribution in [3.05, 3.63) is 145 Å². The molecule has 38 heavy (non-hydrogen) atoms. The zero-order chi connectivity index (χ0) is 25.9. The molecule has 0 bridgehead atoms. The number of hydrogen-bond donors (Lipinski definition) is 0. The van der Waals surface area contributed by atoms with Gasteiger partial charge in [-0.3, -0.25) is 0 Å². The van der Waals surface area contributed by atoms with Gasteiger partial charge in [0, 0.05) is 16.7 Å². The van der Waals surface area contributed by atoms with E-state index in [9.17, 15) is 0 Å². The Kier molecular flexibility index (Phi) is 6.37. The van der Waals surface area contributed by atoms with Crippen molar-refractivity contribution in [3.8, 4) is 56.2 Å². The van der Waals surface area contributed by atoms with Crippen molar-refractivity contribution in [3.63, 3.8) is 0 Å². The summed E-state index contributed by atoms with van der Waals surface area (Å²) < 4.78 is 0. The first kappa shape index (κ1) is 23.6. The van der Waals surface area contributed by atoms with Crippen molar-refractivity contribution in [1.82, 2.24) is 9.97 Å². The summed E-state index contributed by atoms with van der Waals surface area (Å²) >= 11 is 0. The molecule has 182 valence electrons. The topological polar surface area (TPSA) is 25.8 Å². The molecule has 2 nitrogen and oxygen atoms in total. The van der Waals surface area contributed by atoms with Gasteiger partial charge in [-0.15, -0.1) is 0 Å². The molecule has 1 heterocycles. The Labute approximate surface area is 224 Å². The molecule has 0 radical (unpaired) electrons. The van der Waals surface area contributed by atoms with Crippen molar-refractivity contribution in [1.29, 1.82) is 0 Å². The molecule has 0 unspecified atom stereocenters. The first-order valence-electron chi connectivity index (χ1n) is 12.9. The minimum Gasteiger partial charge on any atom is -0.228 e. The second-order valence-electron chi connectivity index (χ2n) is 9.73. The van der Waals surface area contributed by atoms with Gasteiger partial charge in [0.2, 0.25) is 0 Å². The van der Waals surface area contributed by atoms with Crippen LogP contribution in [-0.2, 0) is 0 Å². The summed E-state index contributed by atoms with van der Waals surface area (Å²) in [6.45, 7) is 4.27. The molecule has 1 aromatic heterocycles. The molecule has 5 aromatic carbocycles. The summed E-state index contributed by atoms with van der Waals surface area (Å²) in [5.41, 5.74) is 12.2. The van der Waals surface area contributed by atoms with Crippen LogP contribution in [0, 0.1) is 13.8 Å². The Bertz CT molecular complexity index is 1600. The maximum absolute atomic E-state index is 5.09. The minimum absolute atomic E-state index is 0.722. The number of nitrogens with zero attached hydrogens (tertiary/aromatic N) is 2. The van der Waals surface area contributed by atoms with Gasteiger partial charge in [-0.25, -0.2) is 9.97 Å². The lowest BCUT2D eigenvalue weighted by molar-refractivity contribution is 1.18. The van der Waals surface area contributed by atoms with E-state index in [-0.39, 0.29) is 0 Å². The first-order valence-corrected chi connectivity index (χ1v) is 12.9. The Morgan fingerprint density at radius 2 is 0.789 bits per heavy atom. The largest absolute Gasteiger partial charge is 0.228 e. The fraction of sp³-hybridized carbons (Fsp3) is 0.0556. The molecule has 0 saturated carbocycles. The van der Waals surface area contributed by atoms with E-state index in [0.717, 1.165) is 33.9 Å². The number of aromatic nitrogens is 2. The summed E-state index contributed by atoms with van der Waals surface area (Å²) in [7, 11) is 0. The molecule has 0 aliphatic carbocycles. The zero-order valence-electron chi connectivity index (χ0n) is 21.6. The van der Waals surface area contributed by atoms with Crippen LogP contribution < -0.4 is 0 Å². The van der Waals surface area contributed by atoms with Crippen molar-refractivity contribution in [2.45, 2.75) is 13.8 Å². The van der Waals surface area contributed by atoms with Gasteiger partial charge in [-0.2, -0.15) is 0 Å². The van der Waals surface area contributed by atoms with Gasteiger partial charge < -0.3 is 0 Å². The van der Waals surface area contributed by atoms with Crippen LogP contribution in [0.5, 0.6) is 0 Å². The van der Waals surface area contributed by atoms with E-state index in [2.05, 4.69) is 111 Å². The Morgan fingerprint density at radius 1 is 0.342 bits per heavy atom. The minimum atomic E-state index is 0.722. The zero-order valence-corrected chi connectivity index (χ0v) is 21.6. The third kappa shape index (κ3) is 5.02. The molecule has 6 rings (SSSR count). The van der Waals surface area contributed by atoms with Crippen LogP contribution in [0.2, 0.25) is 0 Å². The van der Waals surface area contributed by atoms with E-state index >= 15 is 0 Å². The van der Waals surface area contributed by atoms with Gasteiger partial charge in [0.05, 0.1) is 11.4 Å². The highest BCUT2D eigenvalue weighted by Gasteiger charge is 2.13. The molecule has 0 spiro atoms. The summed E-state index contributed by atoms with van der Waals surface area (Å²) in [5.74, 6) is 0.722. The van der Waals surface area contributed by atoms with Crippen LogP contribution in [0.1, 0.15) is 11.1 Å². The maximum Gasteiger partial charge on any atom is 0.160 e. The van der Waals surface area contributed by atoms with Crippen LogP contribution >= 0.6 is 0 Å². The quantitative estimate of drug-likeness (QED) is 0.241. The Hall–Kier alpha value is -4.82. The lowest BCUT2D eigenvalue weighted by atomic mass is 9.93. The molecule has 0 aliphatic heterocycles. The monoisotopic (exact) mass is 488 g/mol. The lowest BCUT2D eigenvalue weighted by Gasteiger charge is -2.14. The molecule has 0 saturated heterocycles. The molecular formula is C36H28N2. The number of rotatable bonds is 5. The predicted molar refractivity (Wildman–Crippen MR) is 159 cm³/mol. The van der Waals surface area contributed by atoms with Crippen molar-refractivity contribution < 1.29 is 0 Å². The summed E-state index contributed by atoms with van der Waals surface area (Å²) in [4.78, 5) is 10.1. The molecule has 0 atom stereocenters. The standard InChI is InChI=1S/C36H28N2/c1-25-11-9-17-29(19-25)31-21-32(30-18-10-12-26(2)20-30)23-33(22-31)35-24-34(27-13-5-3-6-14-27)37-36(38-35)28-15-7-4-8-16-28/h3-24H,1-2H3. The van der Waals surface area contributed by atoms with Gasteiger partial charge in [0.25, 0.3) is 0 Å². The third-order valence-electron chi connectivity index (χ3n) is 6.76. The molecule has 0 aliphatic rings. The van der Waals surface area contributed by atoms with Crippen LogP contribution in [0.25, 0.3) is 56.2 Å². The van der Waals surface area contributed by atoms with Crippen LogP contribution in [0.3, 0.4) is 0 Å². The first-order chi connectivity index (χ1) is 18.6. The molecule has 0 N–H and O–H groups in total. The molecular weight excluding hydrogens is 460 g/mol. The average Bonchev–Trinajstić information content (AvgIpc) is 2.97. The summed E-state index contributed by atoms with van der Waals surface area (Å²) in [6.07, 6.45) is 0. The van der Waals surface area contributed by atoms with E-state index in [0.29, 0.717) is 0 Å². The smallest absolute Gasteiger partial charge is 0.160 e. The normalized spacial score (nSPS) is 10.9. The van der Waals surface area contributed by atoms with E-state index in [4.69, 9.17) is 9.97 Å². The predicted octanol–water partition coefficient (Wildman–Crippen LogP) is 9.43. The lowest BCUT2D eigenvalue weighted by Crippen LogP contribution is -1.96. The fourth-order valence-electron chi connectivity index (χ4n) is 4.83. The fourth-order valence-corrected chi connectivity index (χ4v) is 4.83. The number of benzene rings is 5. The van der Waals surface area contributed by atoms with E-state index < -0.39 is 0 Å². The second-order valence-corrected chi connectivity index (χ2v) is 9.73.